The smallest absolute Gasteiger partial charge is 0.293 e. The van der Waals surface area contributed by atoms with E-state index in [9.17, 15) is 14.0 Å². The first-order valence-electron chi connectivity index (χ1n) is 6.56. The van der Waals surface area contributed by atoms with Gasteiger partial charge in [-0.15, -0.1) is 10.2 Å². The van der Waals surface area contributed by atoms with Crippen LogP contribution in [0.1, 0.15) is 11.4 Å². The number of carbonyl (C=O) groups excluding carboxylic acids is 1. The number of aromatic amines is 1. The molecule has 0 radical (unpaired) electrons. The second kappa shape index (κ2) is 5.76. The van der Waals surface area contributed by atoms with Crippen molar-refractivity contribution >= 4 is 11.6 Å². The molecule has 2 N–H and O–H groups in total. The fourth-order valence-corrected chi connectivity index (χ4v) is 2.08. The van der Waals surface area contributed by atoms with Crippen LogP contribution in [0.15, 0.2) is 41.5 Å². The minimum atomic E-state index is -0.382. The molecule has 112 valence electrons. The van der Waals surface area contributed by atoms with Crippen LogP contribution in [0.3, 0.4) is 0 Å². The number of aromatic nitrogens is 4. The summed E-state index contributed by atoms with van der Waals surface area (Å²) in [7, 11) is 0. The number of hydrogen-bond acceptors (Lipinski definition) is 4. The number of carbonyl (C=O) groups is 1. The van der Waals surface area contributed by atoms with E-state index >= 15 is 0 Å². The van der Waals surface area contributed by atoms with Crippen LogP contribution in [0.5, 0.6) is 0 Å². The van der Waals surface area contributed by atoms with Gasteiger partial charge in [0, 0.05) is 12.4 Å². The van der Waals surface area contributed by atoms with Gasteiger partial charge in [-0.1, -0.05) is 12.1 Å². The van der Waals surface area contributed by atoms with E-state index in [1.54, 1.807) is 18.3 Å². The Bertz CT molecular complexity index is 886. The molecule has 0 bridgehead atoms. The normalized spacial score (nSPS) is 10.8. The fraction of sp³-hybridized carbons (Fsp3) is 0.143. The highest BCUT2D eigenvalue weighted by atomic mass is 19.1. The second-order valence-electron chi connectivity index (χ2n) is 4.68. The molecular weight excluding hydrogens is 289 g/mol. The zero-order valence-electron chi connectivity index (χ0n) is 11.4. The van der Waals surface area contributed by atoms with Crippen molar-refractivity contribution in [3.63, 3.8) is 0 Å². The summed E-state index contributed by atoms with van der Waals surface area (Å²) < 4.78 is 14.6. The van der Waals surface area contributed by atoms with Gasteiger partial charge in [0.2, 0.25) is 11.6 Å². The molecule has 7 nitrogen and oxygen atoms in total. The predicted molar refractivity (Wildman–Crippen MR) is 75.6 cm³/mol. The van der Waals surface area contributed by atoms with Gasteiger partial charge in [-0.2, -0.15) is 0 Å². The highest BCUT2D eigenvalue weighted by molar-refractivity contribution is 5.78. The molecule has 1 aromatic carbocycles. The van der Waals surface area contributed by atoms with E-state index in [1.165, 1.54) is 22.7 Å². The zero-order chi connectivity index (χ0) is 15.5. The molecule has 0 unspecified atom stereocenters. The lowest BCUT2D eigenvalue weighted by Gasteiger charge is -2.04. The van der Waals surface area contributed by atoms with Crippen molar-refractivity contribution in [3.05, 3.63) is 64.2 Å². The van der Waals surface area contributed by atoms with E-state index in [2.05, 4.69) is 20.5 Å². The van der Waals surface area contributed by atoms with Crippen molar-refractivity contribution < 1.29 is 9.18 Å². The Kier molecular flexibility index (Phi) is 3.65. The molecule has 0 fully saturated rings. The number of fused-ring (bicyclic) bond motifs is 1. The van der Waals surface area contributed by atoms with Crippen LogP contribution in [0.25, 0.3) is 5.65 Å². The first kappa shape index (κ1) is 13.9. The van der Waals surface area contributed by atoms with Crippen molar-refractivity contribution in [3.8, 4) is 0 Å². The van der Waals surface area contributed by atoms with Gasteiger partial charge in [0.25, 0.3) is 5.56 Å². The molecule has 3 rings (SSSR count). The van der Waals surface area contributed by atoms with Gasteiger partial charge in [-0.3, -0.25) is 14.0 Å². The highest BCUT2D eigenvalue weighted by Gasteiger charge is 2.10. The summed E-state index contributed by atoms with van der Waals surface area (Å²) >= 11 is 0. The molecule has 0 aliphatic rings. The standard InChI is InChI=1S/C14H12FN5O2/c15-10-3-1-2-9(6-10)7-12(21)17-8-11-18-19-13-14(22)16-4-5-20(11)13/h1-6H,7-8H2,(H,16,22)(H,17,21). The van der Waals surface area contributed by atoms with E-state index in [0.717, 1.165) is 0 Å². The van der Waals surface area contributed by atoms with Crippen molar-refractivity contribution in [2.24, 2.45) is 0 Å². The van der Waals surface area contributed by atoms with Gasteiger partial charge in [0.15, 0.2) is 5.82 Å². The summed E-state index contributed by atoms with van der Waals surface area (Å²) in [6, 6.07) is 5.86. The molecule has 0 aliphatic heterocycles. The van der Waals surface area contributed by atoms with Gasteiger partial charge in [-0.25, -0.2) is 4.39 Å². The molecule has 3 aromatic rings. The molecule has 0 spiro atoms. The number of halogens is 1. The quantitative estimate of drug-likeness (QED) is 0.730. The molecule has 1 amide bonds. The van der Waals surface area contributed by atoms with Crippen LogP contribution < -0.4 is 10.9 Å². The van der Waals surface area contributed by atoms with Crippen LogP contribution in [-0.4, -0.2) is 25.5 Å². The maximum Gasteiger partial charge on any atom is 0.293 e. The summed E-state index contributed by atoms with van der Waals surface area (Å²) in [5.74, 6) is -0.214. The van der Waals surface area contributed by atoms with Gasteiger partial charge in [-0.05, 0) is 17.7 Å². The molecule has 0 atom stereocenters. The summed E-state index contributed by atoms with van der Waals surface area (Å²) in [4.78, 5) is 25.9. The van der Waals surface area contributed by atoms with Crippen LogP contribution in [0.2, 0.25) is 0 Å². The lowest BCUT2D eigenvalue weighted by molar-refractivity contribution is -0.120. The molecule has 0 saturated heterocycles. The van der Waals surface area contributed by atoms with Gasteiger partial charge in [0.1, 0.15) is 5.82 Å². The third kappa shape index (κ3) is 2.85. The number of hydrogen-bond donors (Lipinski definition) is 2. The molecule has 22 heavy (non-hydrogen) atoms. The van der Waals surface area contributed by atoms with E-state index in [4.69, 9.17) is 0 Å². The summed E-state index contributed by atoms with van der Waals surface area (Å²) in [5.41, 5.74) is 0.393. The third-order valence-electron chi connectivity index (χ3n) is 3.10. The number of amides is 1. The number of nitrogens with one attached hydrogen (secondary N) is 2. The maximum atomic E-state index is 13.1. The van der Waals surface area contributed by atoms with Gasteiger partial charge < -0.3 is 10.3 Å². The average Bonchev–Trinajstić information content (AvgIpc) is 2.90. The Balaban J connectivity index is 1.68. The van der Waals surface area contributed by atoms with Crippen LogP contribution >= 0.6 is 0 Å². The second-order valence-corrected chi connectivity index (χ2v) is 4.68. The van der Waals surface area contributed by atoms with Crippen molar-refractivity contribution in [2.75, 3.05) is 0 Å². The minimum Gasteiger partial charge on any atom is -0.348 e. The summed E-state index contributed by atoms with van der Waals surface area (Å²) in [6.45, 7) is 0.124. The van der Waals surface area contributed by atoms with E-state index in [1.807, 2.05) is 0 Å². The van der Waals surface area contributed by atoms with Crippen LogP contribution in [0.4, 0.5) is 4.39 Å². The SMILES string of the molecule is O=C(Cc1cccc(F)c1)NCc1nnc2c(=O)[nH]ccn12. The third-order valence-corrected chi connectivity index (χ3v) is 3.10. The highest BCUT2D eigenvalue weighted by Crippen LogP contribution is 2.04. The topological polar surface area (TPSA) is 92.2 Å². The Morgan fingerprint density at radius 2 is 2.23 bits per heavy atom. The van der Waals surface area contributed by atoms with Crippen LogP contribution in [-0.2, 0) is 17.8 Å². The van der Waals surface area contributed by atoms with Gasteiger partial charge in [0.05, 0.1) is 13.0 Å². The Hall–Kier alpha value is -3.03. The number of nitrogens with zero attached hydrogens (tertiary/aromatic N) is 3. The van der Waals surface area contributed by atoms with Crippen molar-refractivity contribution in [1.29, 1.82) is 0 Å². The molecule has 0 saturated carbocycles. The lowest BCUT2D eigenvalue weighted by Crippen LogP contribution is -2.25. The number of benzene rings is 1. The summed E-state index contributed by atoms with van der Waals surface area (Å²) in [6.07, 6.45) is 3.14. The first-order chi connectivity index (χ1) is 10.6. The van der Waals surface area contributed by atoms with Crippen molar-refractivity contribution in [2.45, 2.75) is 13.0 Å². The van der Waals surface area contributed by atoms with E-state index in [0.29, 0.717) is 11.4 Å². The molecule has 0 aliphatic carbocycles. The molecule has 8 heteroatoms. The Morgan fingerprint density at radius 3 is 3.05 bits per heavy atom. The predicted octanol–water partition coefficient (Wildman–Crippen LogP) is 0.416. The Morgan fingerprint density at radius 1 is 1.36 bits per heavy atom. The monoisotopic (exact) mass is 301 g/mol. The largest absolute Gasteiger partial charge is 0.348 e. The first-order valence-corrected chi connectivity index (χ1v) is 6.56. The fourth-order valence-electron chi connectivity index (χ4n) is 2.08. The van der Waals surface area contributed by atoms with E-state index < -0.39 is 0 Å². The minimum absolute atomic E-state index is 0.0646. The van der Waals surface area contributed by atoms with Crippen LogP contribution in [0, 0.1) is 5.82 Å². The molecule has 2 heterocycles. The lowest BCUT2D eigenvalue weighted by atomic mass is 10.1. The van der Waals surface area contributed by atoms with E-state index in [-0.39, 0.29) is 35.9 Å². The number of rotatable bonds is 4. The van der Waals surface area contributed by atoms with Crippen molar-refractivity contribution in [1.82, 2.24) is 24.9 Å². The summed E-state index contributed by atoms with van der Waals surface area (Å²) in [5, 5.41) is 10.3. The zero-order valence-corrected chi connectivity index (χ0v) is 11.4. The molecule has 2 aromatic heterocycles. The average molecular weight is 301 g/mol. The maximum absolute atomic E-state index is 13.1. The number of H-pyrrole nitrogens is 1. The van der Waals surface area contributed by atoms with Gasteiger partial charge >= 0.3 is 0 Å². The Labute approximate surface area is 123 Å². The molecular formula is C14H12FN5O2.